The molecule has 0 saturated carbocycles. The Morgan fingerprint density at radius 1 is 1.36 bits per heavy atom. The monoisotopic (exact) mass is 303 g/mol. The van der Waals surface area contributed by atoms with Crippen LogP contribution in [0.5, 0.6) is 5.75 Å². The van der Waals surface area contributed by atoms with Crippen molar-refractivity contribution in [2.24, 2.45) is 7.05 Å². The van der Waals surface area contributed by atoms with E-state index in [4.69, 9.17) is 9.47 Å². The van der Waals surface area contributed by atoms with E-state index in [-0.39, 0.29) is 12.5 Å². The van der Waals surface area contributed by atoms with Crippen LogP contribution in [-0.4, -0.2) is 35.4 Å². The van der Waals surface area contributed by atoms with Gasteiger partial charge in [0, 0.05) is 19.8 Å². The Labute approximate surface area is 127 Å². The summed E-state index contributed by atoms with van der Waals surface area (Å²) in [6.07, 6.45) is 2.91. The lowest BCUT2D eigenvalue weighted by molar-refractivity contribution is -0.124. The number of nitrogens with one attached hydrogen (secondary N) is 1. The minimum atomic E-state index is -0.579. The number of carbonyl (C=O) groups excluding carboxylic acids is 2. The Kier molecular flexibility index (Phi) is 5.13. The van der Waals surface area contributed by atoms with Crippen molar-refractivity contribution in [1.29, 1.82) is 0 Å². The first kappa shape index (κ1) is 15.6. The van der Waals surface area contributed by atoms with Crippen molar-refractivity contribution in [3.8, 4) is 5.75 Å². The van der Waals surface area contributed by atoms with Gasteiger partial charge >= 0.3 is 5.97 Å². The maximum absolute atomic E-state index is 11.7. The van der Waals surface area contributed by atoms with E-state index in [0.717, 1.165) is 11.3 Å². The summed E-state index contributed by atoms with van der Waals surface area (Å²) in [6.45, 7) is -0.00181. The van der Waals surface area contributed by atoms with Crippen LogP contribution in [-0.2, 0) is 23.1 Å². The molecule has 2 rings (SSSR count). The maximum Gasteiger partial charge on any atom is 0.341 e. The van der Waals surface area contributed by atoms with Crippen LogP contribution >= 0.6 is 0 Å². The molecular formula is C15H17N3O4. The number of aryl methyl sites for hydroxylation is 1. The zero-order valence-electron chi connectivity index (χ0n) is 12.4. The zero-order chi connectivity index (χ0) is 15.9. The number of amides is 1. The molecule has 22 heavy (non-hydrogen) atoms. The second-order valence-corrected chi connectivity index (χ2v) is 4.61. The van der Waals surface area contributed by atoms with Crippen molar-refractivity contribution in [2.45, 2.75) is 6.54 Å². The van der Waals surface area contributed by atoms with E-state index < -0.39 is 5.97 Å². The average Bonchev–Trinajstić information content (AvgIpc) is 2.97. The van der Waals surface area contributed by atoms with Gasteiger partial charge in [-0.25, -0.2) is 4.79 Å². The summed E-state index contributed by atoms with van der Waals surface area (Å²) in [6, 6.07) is 7.34. The van der Waals surface area contributed by atoms with Gasteiger partial charge < -0.3 is 14.8 Å². The number of ether oxygens (including phenoxy) is 2. The number of hydrogen-bond donors (Lipinski definition) is 1. The third-order valence-electron chi connectivity index (χ3n) is 2.90. The summed E-state index contributed by atoms with van der Waals surface area (Å²) < 4.78 is 11.5. The van der Waals surface area contributed by atoms with Crippen LogP contribution < -0.4 is 10.1 Å². The molecule has 1 amide bonds. The first-order valence-electron chi connectivity index (χ1n) is 6.64. The summed E-state index contributed by atoms with van der Waals surface area (Å²) in [5, 5.41) is 6.53. The van der Waals surface area contributed by atoms with Crippen molar-refractivity contribution in [3.05, 3.63) is 47.8 Å². The quantitative estimate of drug-likeness (QED) is 0.802. The van der Waals surface area contributed by atoms with Crippen LogP contribution in [0.4, 0.5) is 0 Å². The van der Waals surface area contributed by atoms with Crippen molar-refractivity contribution in [2.75, 3.05) is 13.7 Å². The fourth-order valence-corrected chi connectivity index (χ4v) is 1.78. The predicted octanol–water partition coefficient (Wildman–Crippen LogP) is 0.902. The number of esters is 1. The van der Waals surface area contributed by atoms with Gasteiger partial charge in [-0.05, 0) is 17.7 Å². The number of hydrogen-bond acceptors (Lipinski definition) is 5. The summed E-state index contributed by atoms with van der Waals surface area (Å²) in [5.74, 6) is -0.237. The molecule has 1 heterocycles. The van der Waals surface area contributed by atoms with Crippen LogP contribution in [0.15, 0.2) is 36.7 Å². The highest BCUT2D eigenvalue weighted by atomic mass is 16.5. The lowest BCUT2D eigenvalue weighted by Gasteiger charge is -2.07. The molecule has 2 aromatic rings. The molecule has 0 bridgehead atoms. The molecule has 0 atom stereocenters. The summed E-state index contributed by atoms with van der Waals surface area (Å²) in [4.78, 5) is 23.3. The van der Waals surface area contributed by atoms with E-state index in [0.29, 0.717) is 12.1 Å². The van der Waals surface area contributed by atoms with Crippen LogP contribution in [0.2, 0.25) is 0 Å². The zero-order valence-corrected chi connectivity index (χ0v) is 12.4. The lowest BCUT2D eigenvalue weighted by Crippen LogP contribution is -2.28. The molecule has 7 heteroatoms. The number of carbonyl (C=O) groups is 2. The Morgan fingerprint density at radius 3 is 2.86 bits per heavy atom. The van der Waals surface area contributed by atoms with Gasteiger partial charge in [-0.1, -0.05) is 12.1 Å². The minimum absolute atomic E-state index is 0.308. The number of methoxy groups -OCH3 is 1. The Morgan fingerprint density at radius 2 is 2.18 bits per heavy atom. The van der Waals surface area contributed by atoms with E-state index in [1.807, 2.05) is 24.3 Å². The molecule has 0 spiro atoms. The minimum Gasteiger partial charge on any atom is -0.497 e. The molecule has 7 nitrogen and oxygen atoms in total. The Bertz CT molecular complexity index is 666. The van der Waals surface area contributed by atoms with Gasteiger partial charge in [0.2, 0.25) is 0 Å². The van der Waals surface area contributed by atoms with Crippen molar-refractivity contribution in [3.63, 3.8) is 0 Å². The second kappa shape index (κ2) is 7.26. The standard InChI is InChI=1S/C15H17N3O4/c1-18-9-12(8-17-18)15(20)22-10-14(19)16-7-11-4-3-5-13(6-11)21-2/h3-6,8-9H,7,10H2,1-2H3,(H,16,19). The van der Waals surface area contributed by atoms with Crippen LogP contribution in [0.1, 0.15) is 15.9 Å². The highest BCUT2D eigenvalue weighted by Gasteiger charge is 2.11. The molecule has 1 aromatic heterocycles. The summed E-state index contributed by atoms with van der Waals surface area (Å²) in [5.41, 5.74) is 1.20. The molecule has 1 N–H and O–H groups in total. The van der Waals surface area contributed by atoms with Gasteiger partial charge in [0.15, 0.2) is 6.61 Å². The SMILES string of the molecule is COc1cccc(CNC(=O)COC(=O)c2cnn(C)c2)c1. The normalized spacial score (nSPS) is 10.1. The van der Waals surface area contributed by atoms with Gasteiger partial charge in [-0.3, -0.25) is 9.48 Å². The van der Waals surface area contributed by atoms with Crippen LogP contribution in [0.3, 0.4) is 0 Å². The fraction of sp³-hybridized carbons (Fsp3) is 0.267. The Balaban J connectivity index is 1.77. The number of nitrogens with zero attached hydrogens (tertiary/aromatic N) is 2. The number of rotatable bonds is 6. The maximum atomic E-state index is 11.7. The Hall–Kier alpha value is -2.83. The third kappa shape index (κ3) is 4.34. The van der Waals surface area contributed by atoms with Gasteiger partial charge in [-0.2, -0.15) is 5.10 Å². The highest BCUT2D eigenvalue weighted by molar-refractivity contribution is 5.90. The average molecular weight is 303 g/mol. The highest BCUT2D eigenvalue weighted by Crippen LogP contribution is 2.12. The molecule has 0 aliphatic rings. The van der Waals surface area contributed by atoms with Crippen molar-refractivity contribution < 1.29 is 19.1 Å². The van der Waals surface area contributed by atoms with Gasteiger partial charge in [-0.15, -0.1) is 0 Å². The van der Waals surface area contributed by atoms with Crippen LogP contribution in [0, 0.1) is 0 Å². The molecule has 0 aliphatic heterocycles. The molecule has 116 valence electrons. The summed E-state index contributed by atoms with van der Waals surface area (Å²) >= 11 is 0. The van der Waals surface area contributed by atoms with E-state index in [9.17, 15) is 9.59 Å². The van der Waals surface area contributed by atoms with Crippen molar-refractivity contribution in [1.82, 2.24) is 15.1 Å². The third-order valence-corrected chi connectivity index (χ3v) is 2.90. The van der Waals surface area contributed by atoms with Gasteiger partial charge in [0.05, 0.1) is 18.9 Å². The first-order valence-corrected chi connectivity index (χ1v) is 6.64. The second-order valence-electron chi connectivity index (χ2n) is 4.61. The molecule has 0 unspecified atom stereocenters. The lowest BCUT2D eigenvalue weighted by atomic mass is 10.2. The molecule has 0 radical (unpaired) electrons. The van der Waals surface area contributed by atoms with Crippen molar-refractivity contribution >= 4 is 11.9 Å². The van der Waals surface area contributed by atoms with E-state index in [1.165, 1.54) is 17.1 Å². The predicted molar refractivity (Wildman–Crippen MR) is 78.3 cm³/mol. The number of aromatic nitrogens is 2. The smallest absolute Gasteiger partial charge is 0.341 e. The molecule has 1 aromatic carbocycles. The first-order chi connectivity index (χ1) is 10.6. The number of benzene rings is 1. The molecule has 0 aliphatic carbocycles. The van der Waals surface area contributed by atoms with Crippen LogP contribution in [0.25, 0.3) is 0 Å². The van der Waals surface area contributed by atoms with E-state index in [1.54, 1.807) is 14.2 Å². The fourth-order valence-electron chi connectivity index (χ4n) is 1.78. The van der Waals surface area contributed by atoms with Gasteiger partial charge in [0.25, 0.3) is 5.91 Å². The van der Waals surface area contributed by atoms with Gasteiger partial charge in [0.1, 0.15) is 5.75 Å². The molecular weight excluding hydrogens is 286 g/mol. The van der Waals surface area contributed by atoms with E-state index >= 15 is 0 Å². The topological polar surface area (TPSA) is 82.4 Å². The summed E-state index contributed by atoms with van der Waals surface area (Å²) in [7, 11) is 3.27. The largest absolute Gasteiger partial charge is 0.497 e. The molecule has 0 fully saturated rings. The van der Waals surface area contributed by atoms with E-state index in [2.05, 4.69) is 10.4 Å². The molecule has 0 saturated heterocycles.